The van der Waals surface area contributed by atoms with Gasteiger partial charge >= 0.3 is 0 Å². The highest BCUT2D eigenvalue weighted by atomic mass is 16.5. The molecule has 0 unspecified atom stereocenters. The second-order valence-corrected chi connectivity index (χ2v) is 2.42. The molecule has 0 saturated carbocycles. The molecule has 1 radical (unpaired) electrons. The molecule has 0 saturated heterocycles. The van der Waals surface area contributed by atoms with Gasteiger partial charge in [-0.1, -0.05) is 13.8 Å². The van der Waals surface area contributed by atoms with Gasteiger partial charge in [0.1, 0.15) is 0 Å². The molecule has 0 bridgehead atoms. The van der Waals surface area contributed by atoms with Crippen LogP contribution in [0, 0.1) is 5.41 Å². The van der Waals surface area contributed by atoms with Crippen LogP contribution in [0.5, 0.6) is 0 Å². The Balaban J connectivity index is 3.53. The second kappa shape index (κ2) is 2.82. The lowest BCUT2D eigenvalue weighted by Crippen LogP contribution is -2.19. The summed E-state index contributed by atoms with van der Waals surface area (Å²) in [4.78, 5) is 10.0. The van der Waals surface area contributed by atoms with Gasteiger partial charge in [0.05, 0.1) is 12.0 Å². The maximum atomic E-state index is 10.0. The SMILES string of the molecule is COCC(C)(C)[C]=O. The minimum absolute atomic E-state index is 0.436. The van der Waals surface area contributed by atoms with Crippen LogP contribution in [0.15, 0.2) is 0 Å². The average molecular weight is 115 g/mol. The number of hydrogen-bond donors (Lipinski definition) is 0. The Labute approximate surface area is 49.8 Å². The van der Waals surface area contributed by atoms with E-state index >= 15 is 0 Å². The van der Waals surface area contributed by atoms with Crippen LogP contribution in [0.25, 0.3) is 0 Å². The van der Waals surface area contributed by atoms with Gasteiger partial charge in [-0.2, -0.15) is 0 Å². The molecule has 47 valence electrons. The summed E-state index contributed by atoms with van der Waals surface area (Å²) in [5.41, 5.74) is -0.436. The molecule has 0 aromatic rings. The van der Waals surface area contributed by atoms with Gasteiger partial charge < -0.3 is 4.74 Å². The zero-order valence-corrected chi connectivity index (χ0v) is 5.52. The number of hydrogen-bond acceptors (Lipinski definition) is 2. The maximum absolute atomic E-state index is 10.0. The van der Waals surface area contributed by atoms with Crippen molar-refractivity contribution in [3.63, 3.8) is 0 Å². The van der Waals surface area contributed by atoms with E-state index in [1.165, 1.54) is 0 Å². The standard InChI is InChI=1S/C6H11O2/c1-6(2,4-7)5-8-3/h5H2,1-3H3. The fourth-order valence-electron chi connectivity index (χ4n) is 0.390. The Morgan fingerprint density at radius 2 is 2.12 bits per heavy atom. The zero-order valence-electron chi connectivity index (χ0n) is 5.52. The first kappa shape index (κ1) is 7.63. The van der Waals surface area contributed by atoms with Crippen LogP contribution in [0.3, 0.4) is 0 Å². The van der Waals surface area contributed by atoms with Crippen LogP contribution < -0.4 is 0 Å². The minimum Gasteiger partial charge on any atom is -0.384 e. The lowest BCUT2D eigenvalue weighted by molar-refractivity contribution is 0.140. The smallest absolute Gasteiger partial charge is 0.206 e. The Morgan fingerprint density at radius 1 is 1.62 bits per heavy atom. The lowest BCUT2D eigenvalue weighted by atomic mass is 9.98. The Hall–Kier alpha value is -0.370. The molecule has 0 aliphatic heterocycles. The molecule has 2 nitrogen and oxygen atoms in total. The molecule has 0 aromatic heterocycles. The lowest BCUT2D eigenvalue weighted by Gasteiger charge is -2.12. The van der Waals surface area contributed by atoms with Crippen molar-refractivity contribution in [2.24, 2.45) is 5.41 Å². The van der Waals surface area contributed by atoms with E-state index in [1.807, 2.05) is 6.29 Å². The summed E-state index contributed by atoms with van der Waals surface area (Å²) in [7, 11) is 1.57. The summed E-state index contributed by atoms with van der Waals surface area (Å²) in [5.74, 6) is 0. The van der Waals surface area contributed by atoms with Crippen molar-refractivity contribution in [1.29, 1.82) is 0 Å². The third-order valence-electron chi connectivity index (χ3n) is 0.781. The van der Waals surface area contributed by atoms with E-state index in [4.69, 9.17) is 4.74 Å². The van der Waals surface area contributed by atoms with E-state index < -0.39 is 5.41 Å². The predicted molar refractivity (Wildman–Crippen MR) is 31.4 cm³/mol. The van der Waals surface area contributed by atoms with E-state index in [2.05, 4.69) is 0 Å². The summed E-state index contributed by atoms with van der Waals surface area (Å²) >= 11 is 0. The van der Waals surface area contributed by atoms with Gasteiger partial charge in [-0.3, -0.25) is 4.79 Å². The molecule has 0 aliphatic rings. The number of ether oxygens (including phenoxy) is 1. The van der Waals surface area contributed by atoms with Crippen LogP contribution in [-0.4, -0.2) is 20.0 Å². The van der Waals surface area contributed by atoms with Crippen molar-refractivity contribution in [2.75, 3.05) is 13.7 Å². The van der Waals surface area contributed by atoms with Gasteiger partial charge in [0.25, 0.3) is 0 Å². The van der Waals surface area contributed by atoms with Crippen LogP contribution in [-0.2, 0) is 9.53 Å². The third-order valence-corrected chi connectivity index (χ3v) is 0.781. The summed E-state index contributed by atoms with van der Waals surface area (Å²) < 4.78 is 4.73. The van der Waals surface area contributed by atoms with Crippen LogP contribution in [0.4, 0.5) is 0 Å². The molecule has 0 aliphatic carbocycles. The average Bonchev–Trinajstić information content (AvgIpc) is 1.67. The van der Waals surface area contributed by atoms with E-state index in [0.29, 0.717) is 6.61 Å². The summed E-state index contributed by atoms with van der Waals surface area (Å²) in [5, 5.41) is 0. The van der Waals surface area contributed by atoms with Crippen molar-refractivity contribution in [2.45, 2.75) is 13.8 Å². The fraction of sp³-hybridized carbons (Fsp3) is 0.833. The van der Waals surface area contributed by atoms with E-state index in [0.717, 1.165) is 0 Å². The molecule has 0 N–H and O–H groups in total. The highest BCUT2D eigenvalue weighted by Crippen LogP contribution is 2.09. The molecule has 8 heavy (non-hydrogen) atoms. The number of methoxy groups -OCH3 is 1. The predicted octanol–water partition coefficient (Wildman–Crippen LogP) is 0.769. The van der Waals surface area contributed by atoms with Gasteiger partial charge in [0.2, 0.25) is 6.29 Å². The van der Waals surface area contributed by atoms with Crippen LogP contribution >= 0.6 is 0 Å². The molecule has 0 rings (SSSR count). The van der Waals surface area contributed by atoms with E-state index in [1.54, 1.807) is 21.0 Å². The van der Waals surface area contributed by atoms with Gasteiger partial charge in [-0.25, -0.2) is 0 Å². The Bertz CT molecular complexity index is 76.6. The van der Waals surface area contributed by atoms with Gasteiger partial charge in [0.15, 0.2) is 0 Å². The second-order valence-electron chi connectivity index (χ2n) is 2.42. The molecule has 0 heterocycles. The first-order chi connectivity index (χ1) is 3.62. The molecular formula is C6H11O2. The molecule has 0 atom stereocenters. The highest BCUT2D eigenvalue weighted by Gasteiger charge is 2.16. The topological polar surface area (TPSA) is 26.3 Å². The molecule has 0 spiro atoms. The molecular weight excluding hydrogens is 104 g/mol. The Morgan fingerprint density at radius 3 is 2.25 bits per heavy atom. The minimum atomic E-state index is -0.436. The van der Waals surface area contributed by atoms with Crippen LogP contribution in [0.2, 0.25) is 0 Å². The molecule has 0 aromatic carbocycles. The molecule has 0 amide bonds. The van der Waals surface area contributed by atoms with Crippen molar-refractivity contribution in [3.05, 3.63) is 0 Å². The maximum Gasteiger partial charge on any atom is 0.206 e. The first-order valence-corrected chi connectivity index (χ1v) is 2.50. The molecule has 0 fully saturated rings. The first-order valence-electron chi connectivity index (χ1n) is 2.50. The Kier molecular flexibility index (Phi) is 2.69. The monoisotopic (exact) mass is 115 g/mol. The third kappa shape index (κ3) is 2.75. The van der Waals surface area contributed by atoms with Gasteiger partial charge in [-0.15, -0.1) is 0 Å². The van der Waals surface area contributed by atoms with Gasteiger partial charge in [0, 0.05) is 7.11 Å². The summed E-state index contributed by atoms with van der Waals surface area (Å²) in [6, 6.07) is 0. The number of rotatable bonds is 3. The van der Waals surface area contributed by atoms with Crippen molar-refractivity contribution >= 4 is 6.29 Å². The fourth-order valence-corrected chi connectivity index (χ4v) is 0.390. The van der Waals surface area contributed by atoms with Gasteiger partial charge in [-0.05, 0) is 0 Å². The van der Waals surface area contributed by atoms with Crippen molar-refractivity contribution in [1.82, 2.24) is 0 Å². The highest BCUT2D eigenvalue weighted by molar-refractivity contribution is 5.58. The quantitative estimate of drug-likeness (QED) is 0.543. The van der Waals surface area contributed by atoms with Crippen molar-refractivity contribution in [3.8, 4) is 0 Å². The largest absolute Gasteiger partial charge is 0.384 e. The van der Waals surface area contributed by atoms with Crippen molar-refractivity contribution < 1.29 is 9.53 Å². The number of carbonyl (C=O) groups excluding carboxylic acids is 1. The van der Waals surface area contributed by atoms with Crippen LogP contribution in [0.1, 0.15) is 13.8 Å². The summed E-state index contributed by atoms with van der Waals surface area (Å²) in [6.07, 6.45) is 1.87. The van der Waals surface area contributed by atoms with E-state index in [-0.39, 0.29) is 0 Å². The van der Waals surface area contributed by atoms with E-state index in [9.17, 15) is 4.79 Å². The normalized spacial score (nSPS) is 11.4. The molecule has 2 heteroatoms. The zero-order chi connectivity index (χ0) is 6.62. The summed E-state index contributed by atoms with van der Waals surface area (Å²) in [6.45, 7) is 4.00.